The van der Waals surface area contributed by atoms with E-state index in [0.717, 1.165) is 0 Å². The summed E-state index contributed by atoms with van der Waals surface area (Å²) in [7, 11) is 0. The third-order valence-electron chi connectivity index (χ3n) is 1.22. The first kappa shape index (κ1) is 6.13. The van der Waals surface area contributed by atoms with Gasteiger partial charge in [-0.05, 0) is 0 Å². The molecule has 0 fully saturated rings. The number of ketones is 2. The van der Waals surface area contributed by atoms with Crippen molar-refractivity contribution in [3.05, 3.63) is 0 Å². The molecule has 3 heteroatoms. The molecule has 1 aliphatic heterocycles. The first-order valence-electron chi connectivity index (χ1n) is 2.76. The maximum Gasteiger partial charge on any atom is 0.173 e. The number of hydrogen-bond acceptors (Lipinski definition) is 3. The lowest BCUT2D eigenvalue weighted by molar-refractivity contribution is -0.116. The largest absolute Gasteiger partial charge is 0.297 e. The van der Waals surface area contributed by atoms with Crippen LogP contribution in [0.25, 0.3) is 0 Å². The first-order chi connectivity index (χ1) is 4.20. The Labute approximate surface area is 52.8 Å². The van der Waals surface area contributed by atoms with E-state index in [0.29, 0.717) is 5.71 Å². The van der Waals surface area contributed by atoms with Gasteiger partial charge in [0.1, 0.15) is 0 Å². The molecular weight excluding hydrogens is 118 g/mol. The van der Waals surface area contributed by atoms with Crippen LogP contribution in [0.5, 0.6) is 0 Å². The average Bonchev–Trinajstić information content (AvgIpc) is 2.14. The van der Waals surface area contributed by atoms with Crippen LogP contribution in [0.15, 0.2) is 4.99 Å². The molecule has 0 aromatic carbocycles. The lowest BCUT2D eigenvalue weighted by atomic mass is 10.2. The quantitative estimate of drug-likeness (QED) is 0.494. The summed E-state index contributed by atoms with van der Waals surface area (Å²) >= 11 is 0. The van der Waals surface area contributed by atoms with Crippen molar-refractivity contribution in [1.82, 2.24) is 0 Å². The van der Waals surface area contributed by atoms with E-state index in [2.05, 4.69) is 4.99 Å². The summed E-state index contributed by atoms with van der Waals surface area (Å²) in [4.78, 5) is 24.7. The van der Waals surface area contributed by atoms with Gasteiger partial charge in [0, 0.05) is 6.92 Å². The highest BCUT2D eigenvalue weighted by atomic mass is 16.1. The Hall–Kier alpha value is -0.990. The average molecular weight is 125 g/mol. The molecule has 9 heavy (non-hydrogen) atoms. The van der Waals surface area contributed by atoms with Crippen molar-refractivity contribution in [3.63, 3.8) is 0 Å². The highest BCUT2D eigenvalue weighted by molar-refractivity contribution is 6.43. The summed E-state index contributed by atoms with van der Waals surface area (Å²) in [6.45, 7) is 1.63. The van der Waals surface area contributed by atoms with Crippen LogP contribution in [0.2, 0.25) is 0 Å². The molecule has 0 aromatic heterocycles. The van der Waals surface area contributed by atoms with Crippen molar-refractivity contribution in [2.75, 3.05) is 6.54 Å². The van der Waals surface area contributed by atoms with E-state index in [9.17, 15) is 9.59 Å². The summed E-state index contributed by atoms with van der Waals surface area (Å²) in [5.41, 5.74) is 0.431. The van der Waals surface area contributed by atoms with Gasteiger partial charge >= 0.3 is 0 Å². The molecule has 1 aliphatic rings. The molecule has 1 heterocycles. The molecule has 0 atom stereocenters. The molecule has 3 nitrogen and oxygen atoms in total. The molecule has 1 rings (SSSR count). The lowest BCUT2D eigenvalue weighted by Gasteiger charge is -1.85. The highest BCUT2D eigenvalue weighted by Crippen LogP contribution is 1.99. The molecule has 0 radical (unpaired) electrons. The molecule has 0 saturated heterocycles. The molecule has 0 spiro atoms. The second kappa shape index (κ2) is 2.09. The zero-order valence-corrected chi connectivity index (χ0v) is 5.18. The number of hydrogen-bond donors (Lipinski definition) is 0. The van der Waals surface area contributed by atoms with Crippen LogP contribution in [0.4, 0.5) is 0 Å². The van der Waals surface area contributed by atoms with E-state index in [1.54, 1.807) is 0 Å². The van der Waals surface area contributed by atoms with Crippen molar-refractivity contribution in [3.8, 4) is 0 Å². The normalized spacial score (nSPS) is 17.9. The van der Waals surface area contributed by atoms with Crippen molar-refractivity contribution in [2.45, 2.75) is 13.3 Å². The van der Waals surface area contributed by atoms with Gasteiger partial charge in [0.15, 0.2) is 11.6 Å². The number of nitrogens with zero attached hydrogens (tertiary/aromatic N) is 1. The number of carbonyl (C=O) groups excluding carboxylic acids is 2. The third-order valence-corrected chi connectivity index (χ3v) is 1.22. The fourth-order valence-electron chi connectivity index (χ4n) is 0.718. The molecule has 0 bridgehead atoms. The van der Waals surface area contributed by atoms with Gasteiger partial charge in [-0.1, -0.05) is 0 Å². The molecule has 0 aliphatic carbocycles. The van der Waals surface area contributed by atoms with Gasteiger partial charge in [0.2, 0.25) is 0 Å². The molecule has 0 saturated carbocycles. The Morgan fingerprint density at radius 3 is 2.56 bits per heavy atom. The van der Waals surface area contributed by atoms with Crippen LogP contribution >= 0.6 is 0 Å². The van der Waals surface area contributed by atoms with Crippen LogP contribution in [-0.4, -0.2) is 23.8 Å². The van der Waals surface area contributed by atoms with Gasteiger partial charge in [0.05, 0.1) is 18.7 Å². The summed E-state index contributed by atoms with van der Waals surface area (Å²) in [6, 6.07) is 0. The smallest absolute Gasteiger partial charge is 0.173 e. The first-order valence-corrected chi connectivity index (χ1v) is 2.76. The van der Waals surface area contributed by atoms with Crippen LogP contribution in [0.1, 0.15) is 13.3 Å². The van der Waals surface area contributed by atoms with E-state index in [4.69, 9.17) is 0 Å². The van der Waals surface area contributed by atoms with E-state index < -0.39 is 0 Å². The van der Waals surface area contributed by atoms with Crippen molar-refractivity contribution in [1.29, 1.82) is 0 Å². The molecule has 0 amide bonds. The van der Waals surface area contributed by atoms with Gasteiger partial charge in [0.25, 0.3) is 0 Å². The molecular formula is C6H7NO2. The number of aliphatic imine (C=N–C) groups is 1. The van der Waals surface area contributed by atoms with Gasteiger partial charge in [-0.3, -0.25) is 14.6 Å². The Morgan fingerprint density at radius 2 is 2.33 bits per heavy atom. The van der Waals surface area contributed by atoms with Crippen LogP contribution in [0, 0.1) is 0 Å². The van der Waals surface area contributed by atoms with Crippen molar-refractivity contribution in [2.24, 2.45) is 4.99 Å². The summed E-state index contributed by atoms with van der Waals surface area (Å²) in [6.07, 6.45) is 0.245. The molecule has 0 unspecified atom stereocenters. The maximum absolute atomic E-state index is 10.5. The summed E-state index contributed by atoms with van der Waals surface area (Å²) in [5.74, 6) is -0.0407. The predicted molar refractivity (Wildman–Crippen MR) is 32.6 cm³/mol. The minimum Gasteiger partial charge on any atom is -0.297 e. The van der Waals surface area contributed by atoms with Crippen molar-refractivity contribution < 1.29 is 9.59 Å². The Balaban J connectivity index is 2.65. The highest BCUT2D eigenvalue weighted by Gasteiger charge is 2.17. The Bertz CT molecular complexity index is 193. The van der Waals surface area contributed by atoms with E-state index >= 15 is 0 Å². The lowest BCUT2D eigenvalue weighted by Crippen LogP contribution is -2.08. The monoisotopic (exact) mass is 125 g/mol. The minimum atomic E-state index is -0.0825. The standard InChI is InChI=1S/C6H7NO2/c1-4(8)6-2-5(9)3-7-6/h2-3H2,1H3. The van der Waals surface area contributed by atoms with Crippen LogP contribution in [0.3, 0.4) is 0 Å². The number of rotatable bonds is 1. The maximum atomic E-state index is 10.5. The minimum absolute atomic E-state index is 0.0419. The van der Waals surface area contributed by atoms with Crippen molar-refractivity contribution >= 4 is 17.3 Å². The zero-order chi connectivity index (χ0) is 6.85. The number of Topliss-reactive ketones (excluding diaryl/α,β-unsaturated/α-hetero) is 2. The second-order valence-electron chi connectivity index (χ2n) is 2.03. The fourth-order valence-corrected chi connectivity index (χ4v) is 0.718. The molecule has 0 N–H and O–H groups in total. The Kier molecular flexibility index (Phi) is 1.42. The molecule has 0 aromatic rings. The third kappa shape index (κ3) is 1.22. The Morgan fingerprint density at radius 1 is 1.67 bits per heavy atom. The fraction of sp³-hybridized carbons (Fsp3) is 0.500. The SMILES string of the molecule is CC(=O)C1=NCC(=O)C1. The van der Waals surface area contributed by atoms with Crippen LogP contribution in [-0.2, 0) is 9.59 Å². The molecule has 48 valence electrons. The zero-order valence-electron chi connectivity index (χ0n) is 5.18. The van der Waals surface area contributed by atoms with Crippen LogP contribution < -0.4 is 0 Å². The second-order valence-corrected chi connectivity index (χ2v) is 2.03. The van der Waals surface area contributed by atoms with Gasteiger partial charge in [-0.25, -0.2) is 0 Å². The summed E-state index contributed by atoms with van der Waals surface area (Å²) in [5, 5.41) is 0. The predicted octanol–water partition coefficient (Wildman–Crippen LogP) is -0.0108. The van der Waals surface area contributed by atoms with E-state index in [1.165, 1.54) is 6.92 Å². The van der Waals surface area contributed by atoms with Gasteiger partial charge in [-0.15, -0.1) is 0 Å². The van der Waals surface area contributed by atoms with Gasteiger partial charge in [-0.2, -0.15) is 0 Å². The van der Waals surface area contributed by atoms with E-state index in [-0.39, 0.29) is 24.5 Å². The summed E-state index contributed by atoms with van der Waals surface area (Å²) < 4.78 is 0. The van der Waals surface area contributed by atoms with Gasteiger partial charge < -0.3 is 0 Å². The van der Waals surface area contributed by atoms with E-state index in [1.807, 2.05) is 0 Å². The topological polar surface area (TPSA) is 46.5 Å². The number of carbonyl (C=O) groups is 2.